The molecule has 2 amide bonds. The van der Waals surface area contributed by atoms with Gasteiger partial charge in [-0.15, -0.1) is 11.3 Å². The van der Waals surface area contributed by atoms with Crippen LogP contribution < -0.4 is 5.32 Å². The number of hydrogen-bond acceptors (Lipinski definition) is 4. The molecule has 6 nitrogen and oxygen atoms in total. The van der Waals surface area contributed by atoms with Gasteiger partial charge in [-0.25, -0.2) is 9.59 Å². The van der Waals surface area contributed by atoms with E-state index >= 15 is 0 Å². The number of urea groups is 1. The second-order valence-corrected chi connectivity index (χ2v) is 5.86. The van der Waals surface area contributed by atoms with Gasteiger partial charge >= 0.3 is 12.0 Å². The lowest BCUT2D eigenvalue weighted by atomic mass is 10.2. The van der Waals surface area contributed by atoms with Gasteiger partial charge in [0.1, 0.15) is 0 Å². The zero-order chi connectivity index (χ0) is 14.7. The fraction of sp³-hybridized carbons (Fsp3) is 0.538. The summed E-state index contributed by atoms with van der Waals surface area (Å²) in [5.74, 6) is -1.06. The van der Waals surface area contributed by atoms with Crippen molar-refractivity contribution in [3.63, 3.8) is 0 Å². The molecule has 0 bridgehead atoms. The number of hydrogen-bond donors (Lipinski definition) is 2. The average Bonchev–Trinajstić information content (AvgIpc) is 2.91. The summed E-state index contributed by atoms with van der Waals surface area (Å²) >= 11 is 1.31. The first kappa shape index (κ1) is 14.8. The zero-order valence-electron chi connectivity index (χ0n) is 11.4. The van der Waals surface area contributed by atoms with Crippen molar-refractivity contribution in [3.05, 3.63) is 22.4 Å². The van der Waals surface area contributed by atoms with Gasteiger partial charge in [0.2, 0.25) is 0 Å². The number of carbonyl (C=O) groups excluding carboxylic acids is 1. The standard InChI is InChI=1S/C13H18N2O4S/c1-8-7-19-9(2)6-15(8)13(18)14-11(12(16)17)10-4-3-5-20-10/h3-5,8-9,11H,6-7H2,1-2H3,(H,14,18)(H,16,17). The summed E-state index contributed by atoms with van der Waals surface area (Å²) in [6.07, 6.45) is -0.0398. The highest BCUT2D eigenvalue weighted by atomic mass is 32.1. The molecule has 2 rings (SSSR count). The van der Waals surface area contributed by atoms with Crippen LogP contribution in [-0.2, 0) is 9.53 Å². The van der Waals surface area contributed by atoms with Crippen LogP contribution in [0.1, 0.15) is 24.8 Å². The number of aliphatic carboxylic acids is 1. The predicted octanol–water partition coefficient (Wildman–Crippen LogP) is 1.69. The first-order valence-electron chi connectivity index (χ1n) is 6.44. The van der Waals surface area contributed by atoms with E-state index in [0.29, 0.717) is 18.0 Å². The van der Waals surface area contributed by atoms with Crippen LogP contribution in [-0.4, -0.2) is 47.3 Å². The Hall–Kier alpha value is -1.60. The largest absolute Gasteiger partial charge is 0.479 e. The van der Waals surface area contributed by atoms with Crippen molar-refractivity contribution >= 4 is 23.3 Å². The predicted molar refractivity (Wildman–Crippen MR) is 74.8 cm³/mol. The summed E-state index contributed by atoms with van der Waals surface area (Å²) in [6.45, 7) is 4.70. The SMILES string of the molecule is CC1CN(C(=O)NC(C(=O)O)c2cccs2)C(C)CO1. The molecule has 20 heavy (non-hydrogen) atoms. The van der Waals surface area contributed by atoms with Gasteiger partial charge in [-0.2, -0.15) is 0 Å². The van der Waals surface area contributed by atoms with Gasteiger partial charge in [0.15, 0.2) is 6.04 Å². The molecule has 2 heterocycles. The van der Waals surface area contributed by atoms with Gasteiger partial charge in [0, 0.05) is 11.4 Å². The number of nitrogens with zero attached hydrogens (tertiary/aromatic N) is 1. The van der Waals surface area contributed by atoms with E-state index in [-0.39, 0.29) is 18.2 Å². The Kier molecular flexibility index (Phi) is 4.61. The number of carbonyl (C=O) groups is 2. The Balaban J connectivity index is 2.06. The Morgan fingerprint density at radius 2 is 2.30 bits per heavy atom. The van der Waals surface area contributed by atoms with Crippen molar-refractivity contribution in [1.29, 1.82) is 0 Å². The second kappa shape index (κ2) is 6.23. The minimum absolute atomic E-state index is 0.0398. The number of amides is 2. The first-order chi connectivity index (χ1) is 9.49. The van der Waals surface area contributed by atoms with Crippen LogP contribution in [0.4, 0.5) is 4.79 Å². The molecule has 1 aromatic rings. The van der Waals surface area contributed by atoms with Crippen molar-refractivity contribution in [1.82, 2.24) is 10.2 Å². The van der Waals surface area contributed by atoms with Crippen LogP contribution >= 0.6 is 11.3 Å². The lowest BCUT2D eigenvalue weighted by Gasteiger charge is -2.37. The lowest BCUT2D eigenvalue weighted by Crippen LogP contribution is -2.54. The maximum Gasteiger partial charge on any atom is 0.331 e. The molecule has 3 atom stereocenters. The summed E-state index contributed by atoms with van der Waals surface area (Å²) in [4.78, 5) is 25.8. The molecule has 1 aliphatic rings. The average molecular weight is 298 g/mol. The summed E-state index contributed by atoms with van der Waals surface area (Å²) in [5.41, 5.74) is 0. The van der Waals surface area contributed by atoms with E-state index < -0.39 is 12.0 Å². The van der Waals surface area contributed by atoms with Gasteiger partial charge in [-0.3, -0.25) is 0 Å². The van der Waals surface area contributed by atoms with Gasteiger partial charge < -0.3 is 20.1 Å². The highest BCUT2D eigenvalue weighted by Crippen LogP contribution is 2.20. The lowest BCUT2D eigenvalue weighted by molar-refractivity contribution is -0.139. The van der Waals surface area contributed by atoms with E-state index in [1.807, 2.05) is 13.8 Å². The number of ether oxygens (including phenoxy) is 1. The van der Waals surface area contributed by atoms with Crippen LogP contribution in [0.15, 0.2) is 17.5 Å². The van der Waals surface area contributed by atoms with Crippen LogP contribution in [0.2, 0.25) is 0 Å². The number of nitrogens with one attached hydrogen (secondary N) is 1. The minimum Gasteiger partial charge on any atom is -0.479 e. The molecule has 2 N–H and O–H groups in total. The summed E-state index contributed by atoms with van der Waals surface area (Å²) in [7, 11) is 0. The maximum absolute atomic E-state index is 12.3. The summed E-state index contributed by atoms with van der Waals surface area (Å²) < 4.78 is 5.46. The molecule has 0 aliphatic carbocycles. The molecule has 1 fully saturated rings. The topological polar surface area (TPSA) is 78.9 Å². The van der Waals surface area contributed by atoms with E-state index in [2.05, 4.69) is 5.32 Å². The first-order valence-corrected chi connectivity index (χ1v) is 7.32. The van der Waals surface area contributed by atoms with Crippen LogP contribution in [0.5, 0.6) is 0 Å². The van der Waals surface area contributed by atoms with Gasteiger partial charge in [0.05, 0.1) is 18.8 Å². The van der Waals surface area contributed by atoms with Crippen LogP contribution in [0.25, 0.3) is 0 Å². The highest BCUT2D eigenvalue weighted by Gasteiger charge is 2.31. The Morgan fingerprint density at radius 1 is 1.55 bits per heavy atom. The highest BCUT2D eigenvalue weighted by molar-refractivity contribution is 7.10. The molecule has 0 saturated carbocycles. The number of rotatable bonds is 3. The minimum atomic E-state index is -1.06. The monoisotopic (exact) mass is 298 g/mol. The number of carboxylic acid groups (broad SMARTS) is 1. The number of morpholine rings is 1. The Morgan fingerprint density at radius 3 is 2.90 bits per heavy atom. The molecule has 0 aromatic carbocycles. The molecule has 1 saturated heterocycles. The number of carboxylic acids is 1. The van der Waals surface area contributed by atoms with Crippen molar-refractivity contribution in [2.75, 3.05) is 13.2 Å². The van der Waals surface area contributed by atoms with Crippen LogP contribution in [0.3, 0.4) is 0 Å². The fourth-order valence-corrected chi connectivity index (χ4v) is 2.87. The fourth-order valence-electron chi connectivity index (χ4n) is 2.10. The molecule has 0 spiro atoms. The smallest absolute Gasteiger partial charge is 0.331 e. The third-order valence-corrected chi connectivity index (χ3v) is 4.15. The van der Waals surface area contributed by atoms with Crippen LogP contribution in [0, 0.1) is 0 Å². The quantitative estimate of drug-likeness (QED) is 0.890. The zero-order valence-corrected chi connectivity index (χ0v) is 12.2. The van der Waals surface area contributed by atoms with Crippen molar-refractivity contribution in [2.45, 2.75) is 32.0 Å². The molecule has 3 unspecified atom stereocenters. The van der Waals surface area contributed by atoms with Crippen molar-refractivity contribution in [2.24, 2.45) is 0 Å². The number of thiophene rings is 1. The van der Waals surface area contributed by atoms with Gasteiger partial charge in [-0.1, -0.05) is 6.07 Å². The van der Waals surface area contributed by atoms with E-state index in [1.54, 1.807) is 22.4 Å². The molecular formula is C13H18N2O4S. The van der Waals surface area contributed by atoms with Gasteiger partial charge in [-0.05, 0) is 25.3 Å². The molecular weight excluding hydrogens is 280 g/mol. The molecule has 1 aromatic heterocycles. The molecule has 110 valence electrons. The van der Waals surface area contributed by atoms with E-state index in [1.165, 1.54) is 11.3 Å². The van der Waals surface area contributed by atoms with E-state index in [9.17, 15) is 14.7 Å². The Bertz CT molecular complexity index is 477. The third-order valence-electron chi connectivity index (χ3n) is 3.21. The summed E-state index contributed by atoms with van der Waals surface area (Å²) in [6, 6.07) is 2.03. The third kappa shape index (κ3) is 3.29. The van der Waals surface area contributed by atoms with E-state index in [4.69, 9.17) is 4.74 Å². The van der Waals surface area contributed by atoms with E-state index in [0.717, 1.165) is 0 Å². The molecule has 1 aliphatic heterocycles. The maximum atomic E-state index is 12.3. The van der Waals surface area contributed by atoms with Crippen molar-refractivity contribution in [3.8, 4) is 0 Å². The summed E-state index contributed by atoms with van der Waals surface area (Å²) in [5, 5.41) is 13.6. The Labute approximate surface area is 121 Å². The second-order valence-electron chi connectivity index (χ2n) is 4.88. The van der Waals surface area contributed by atoms with Gasteiger partial charge in [0.25, 0.3) is 0 Å². The normalized spacial score (nSPS) is 24.2. The molecule has 7 heteroatoms. The van der Waals surface area contributed by atoms with Crippen molar-refractivity contribution < 1.29 is 19.4 Å². The molecule has 0 radical (unpaired) electrons.